The van der Waals surface area contributed by atoms with E-state index >= 15 is 0 Å². The van der Waals surface area contributed by atoms with Gasteiger partial charge in [-0.15, -0.1) is 0 Å². The van der Waals surface area contributed by atoms with Gasteiger partial charge in [0.1, 0.15) is 0 Å². The minimum Gasteiger partial charge on any atom is -0.398 e. The van der Waals surface area contributed by atoms with E-state index in [1.54, 1.807) is 6.08 Å². The molecule has 0 amide bonds. The van der Waals surface area contributed by atoms with Crippen molar-refractivity contribution >= 4 is 16.5 Å². The molecular weight excluding hydrogens is 182 g/mol. The highest BCUT2D eigenvalue weighted by Crippen LogP contribution is 2.22. The number of hydrogen-bond acceptors (Lipinski definition) is 1. The Morgan fingerprint density at radius 2 is 1.80 bits per heavy atom. The van der Waals surface area contributed by atoms with Gasteiger partial charge in [-0.05, 0) is 16.8 Å². The molecule has 0 radical (unpaired) electrons. The van der Waals surface area contributed by atoms with Crippen molar-refractivity contribution in [2.24, 2.45) is 5.73 Å². The number of allylic oxidation sites excluding steroid dienone is 2. The summed E-state index contributed by atoms with van der Waals surface area (Å²) in [5, 5.41) is 2.38. The lowest BCUT2D eigenvalue weighted by atomic mass is 10.0. The monoisotopic (exact) mass is 195 g/mol. The lowest BCUT2D eigenvalue weighted by Crippen LogP contribution is -1.96. The van der Waals surface area contributed by atoms with Crippen LogP contribution in [0.4, 0.5) is 0 Å². The summed E-state index contributed by atoms with van der Waals surface area (Å²) in [6.07, 6.45) is 3.53. The van der Waals surface area contributed by atoms with Gasteiger partial charge in [0.15, 0.2) is 0 Å². The highest BCUT2D eigenvalue weighted by molar-refractivity contribution is 5.93. The zero-order valence-corrected chi connectivity index (χ0v) is 8.48. The quantitative estimate of drug-likeness (QED) is 0.731. The molecule has 2 aromatic carbocycles. The molecule has 0 bridgehead atoms. The Bertz CT molecular complexity index is 518. The molecule has 0 saturated heterocycles. The van der Waals surface area contributed by atoms with E-state index in [1.165, 1.54) is 10.8 Å². The van der Waals surface area contributed by atoms with Crippen molar-refractivity contribution in [2.45, 2.75) is 0 Å². The van der Waals surface area contributed by atoms with Gasteiger partial charge >= 0.3 is 0 Å². The fraction of sp³-hybridized carbons (Fsp3) is 0. The molecule has 0 aliphatic heterocycles. The largest absolute Gasteiger partial charge is 0.398 e. The molecule has 2 rings (SSSR count). The van der Waals surface area contributed by atoms with Gasteiger partial charge in [0.2, 0.25) is 0 Å². The van der Waals surface area contributed by atoms with Crippen LogP contribution in [0.25, 0.3) is 16.5 Å². The summed E-state index contributed by atoms with van der Waals surface area (Å²) in [5.74, 6) is 0. The molecule has 0 heterocycles. The first-order valence-electron chi connectivity index (χ1n) is 4.89. The highest BCUT2D eigenvalue weighted by Gasteiger charge is 2.01. The first kappa shape index (κ1) is 9.53. The maximum absolute atomic E-state index is 5.96. The molecule has 0 atom stereocenters. The normalized spacial score (nSPS) is 11.6. The molecule has 0 spiro atoms. The fourth-order valence-electron chi connectivity index (χ4n) is 1.69. The van der Waals surface area contributed by atoms with Crippen LogP contribution < -0.4 is 5.73 Å². The molecule has 2 aromatic rings. The van der Waals surface area contributed by atoms with Crippen LogP contribution in [-0.4, -0.2) is 0 Å². The van der Waals surface area contributed by atoms with Gasteiger partial charge in [0.25, 0.3) is 0 Å². The summed E-state index contributed by atoms with van der Waals surface area (Å²) in [6.45, 7) is 3.65. The number of benzene rings is 2. The van der Waals surface area contributed by atoms with Gasteiger partial charge in [-0.2, -0.15) is 0 Å². The molecule has 0 fully saturated rings. The van der Waals surface area contributed by atoms with Gasteiger partial charge in [0, 0.05) is 11.3 Å². The Morgan fingerprint density at radius 3 is 2.60 bits per heavy atom. The summed E-state index contributed by atoms with van der Waals surface area (Å²) in [5.41, 5.74) is 7.78. The second kappa shape index (κ2) is 4.01. The summed E-state index contributed by atoms with van der Waals surface area (Å²) in [7, 11) is 0. The predicted octanol–water partition coefficient (Wildman–Crippen LogP) is 3.33. The Kier molecular flexibility index (Phi) is 2.55. The van der Waals surface area contributed by atoms with Crippen LogP contribution in [0.15, 0.2) is 61.2 Å². The van der Waals surface area contributed by atoms with Crippen molar-refractivity contribution in [3.8, 4) is 0 Å². The van der Waals surface area contributed by atoms with E-state index in [1.807, 2.05) is 30.3 Å². The van der Waals surface area contributed by atoms with E-state index in [0.717, 1.165) is 11.3 Å². The third-order valence-electron chi connectivity index (χ3n) is 2.40. The number of fused-ring (bicyclic) bond motifs is 1. The van der Waals surface area contributed by atoms with Crippen LogP contribution >= 0.6 is 0 Å². The number of hydrogen-bond donors (Lipinski definition) is 1. The molecule has 15 heavy (non-hydrogen) atoms. The Morgan fingerprint density at radius 1 is 1.07 bits per heavy atom. The number of rotatable bonds is 2. The maximum Gasteiger partial charge on any atom is 0.0393 e. The van der Waals surface area contributed by atoms with E-state index in [4.69, 9.17) is 5.73 Å². The molecule has 74 valence electrons. The maximum atomic E-state index is 5.96. The molecule has 2 N–H and O–H groups in total. The van der Waals surface area contributed by atoms with E-state index in [-0.39, 0.29) is 0 Å². The third-order valence-corrected chi connectivity index (χ3v) is 2.40. The van der Waals surface area contributed by atoms with Crippen molar-refractivity contribution in [1.82, 2.24) is 0 Å². The van der Waals surface area contributed by atoms with Crippen molar-refractivity contribution in [3.63, 3.8) is 0 Å². The summed E-state index contributed by atoms with van der Waals surface area (Å²) in [6, 6.07) is 14.3. The lowest BCUT2D eigenvalue weighted by molar-refractivity contribution is 1.55. The van der Waals surface area contributed by atoms with Crippen molar-refractivity contribution in [2.75, 3.05) is 0 Å². The van der Waals surface area contributed by atoms with Gasteiger partial charge < -0.3 is 5.73 Å². The lowest BCUT2D eigenvalue weighted by Gasteiger charge is -2.05. The van der Waals surface area contributed by atoms with Crippen molar-refractivity contribution in [1.29, 1.82) is 0 Å². The summed E-state index contributed by atoms with van der Waals surface area (Å²) < 4.78 is 0. The Labute approximate surface area is 89.5 Å². The minimum absolute atomic E-state index is 0.752. The highest BCUT2D eigenvalue weighted by atomic mass is 14.6. The first-order chi connectivity index (χ1) is 7.33. The van der Waals surface area contributed by atoms with Crippen LogP contribution in [0.2, 0.25) is 0 Å². The van der Waals surface area contributed by atoms with Crippen molar-refractivity contribution < 1.29 is 0 Å². The average molecular weight is 195 g/mol. The van der Waals surface area contributed by atoms with Gasteiger partial charge in [-0.1, -0.05) is 55.1 Å². The summed E-state index contributed by atoms with van der Waals surface area (Å²) in [4.78, 5) is 0. The molecule has 0 aliphatic rings. The van der Waals surface area contributed by atoms with E-state index in [0.29, 0.717) is 0 Å². The van der Waals surface area contributed by atoms with E-state index < -0.39 is 0 Å². The Balaban J connectivity index is 2.71. The van der Waals surface area contributed by atoms with Crippen LogP contribution in [0, 0.1) is 0 Å². The topological polar surface area (TPSA) is 26.0 Å². The zero-order chi connectivity index (χ0) is 10.7. The summed E-state index contributed by atoms with van der Waals surface area (Å²) >= 11 is 0. The van der Waals surface area contributed by atoms with Crippen LogP contribution in [0.1, 0.15) is 5.56 Å². The van der Waals surface area contributed by atoms with Crippen molar-refractivity contribution in [3.05, 3.63) is 66.8 Å². The molecule has 0 unspecified atom stereocenters. The van der Waals surface area contributed by atoms with Gasteiger partial charge in [-0.25, -0.2) is 0 Å². The van der Waals surface area contributed by atoms with E-state index in [2.05, 4.69) is 24.8 Å². The van der Waals surface area contributed by atoms with Crippen LogP contribution in [0.5, 0.6) is 0 Å². The number of nitrogens with two attached hydrogens (primary N) is 1. The second-order valence-electron chi connectivity index (χ2n) is 3.38. The molecule has 1 nitrogen and oxygen atoms in total. The van der Waals surface area contributed by atoms with E-state index in [9.17, 15) is 0 Å². The zero-order valence-electron chi connectivity index (χ0n) is 8.48. The molecular formula is C14H13N. The molecule has 0 aromatic heterocycles. The SMILES string of the molecule is C=C/C=C(\N)c1cccc2ccccc12. The predicted molar refractivity (Wildman–Crippen MR) is 66.3 cm³/mol. The minimum atomic E-state index is 0.752. The smallest absolute Gasteiger partial charge is 0.0393 e. The average Bonchev–Trinajstić information content (AvgIpc) is 2.28. The first-order valence-corrected chi connectivity index (χ1v) is 4.89. The fourth-order valence-corrected chi connectivity index (χ4v) is 1.69. The molecule has 0 aliphatic carbocycles. The third kappa shape index (κ3) is 1.77. The molecule has 1 heteroatoms. The molecule has 0 saturated carbocycles. The standard InChI is InChI=1S/C14H13N/c1-2-6-14(15)13-10-5-8-11-7-3-4-9-12(11)13/h2-10H,1,15H2/b14-6-. The van der Waals surface area contributed by atoms with Gasteiger partial charge in [0.05, 0.1) is 0 Å². The second-order valence-corrected chi connectivity index (χ2v) is 3.38. The van der Waals surface area contributed by atoms with Crippen LogP contribution in [0.3, 0.4) is 0 Å². The van der Waals surface area contributed by atoms with Crippen LogP contribution in [-0.2, 0) is 0 Å². The van der Waals surface area contributed by atoms with Gasteiger partial charge in [-0.3, -0.25) is 0 Å². The Hall–Kier alpha value is -2.02.